The van der Waals surface area contributed by atoms with Gasteiger partial charge >= 0.3 is 10.4 Å². The maximum Gasteiger partial charge on any atom is 0.400 e. The van der Waals surface area contributed by atoms with E-state index in [1.165, 1.54) is 0 Å². The van der Waals surface area contributed by atoms with Crippen molar-refractivity contribution in [1.29, 1.82) is 0 Å². The Morgan fingerprint density at radius 2 is 2.00 bits per heavy atom. The van der Waals surface area contributed by atoms with Gasteiger partial charge in [-0.1, -0.05) is 0 Å². The largest absolute Gasteiger partial charge is 0.400 e. The molecule has 0 aromatic heterocycles. The van der Waals surface area contributed by atoms with Crippen LogP contribution >= 0.6 is 0 Å². The average molecular weight is 192 g/mol. The van der Waals surface area contributed by atoms with Crippen LogP contribution in [0.4, 0.5) is 0 Å². The number of hydrogen-bond donors (Lipinski definition) is 0. The summed E-state index contributed by atoms with van der Waals surface area (Å²) in [5.74, 6) is 0. The first kappa shape index (κ1) is 8.47. The van der Waals surface area contributed by atoms with E-state index in [9.17, 15) is 8.42 Å². The summed E-state index contributed by atoms with van der Waals surface area (Å²) in [6.45, 7) is 1.75. The van der Waals surface area contributed by atoms with Crippen molar-refractivity contribution in [3.8, 4) is 0 Å². The summed E-state index contributed by atoms with van der Waals surface area (Å²) in [6, 6.07) is 0. The summed E-state index contributed by atoms with van der Waals surface area (Å²) < 4.78 is 31.8. The molecule has 1 aliphatic carbocycles. The highest BCUT2D eigenvalue weighted by Crippen LogP contribution is 2.47. The SMILES string of the molecule is CC1CCC2(CC2)OS(=O)(=O)O1. The second-order valence-electron chi connectivity index (χ2n) is 3.62. The van der Waals surface area contributed by atoms with Gasteiger partial charge in [0, 0.05) is 0 Å². The van der Waals surface area contributed by atoms with Gasteiger partial charge in [-0.2, -0.15) is 8.42 Å². The van der Waals surface area contributed by atoms with E-state index < -0.39 is 10.4 Å². The molecule has 2 aliphatic rings. The van der Waals surface area contributed by atoms with E-state index in [4.69, 9.17) is 8.37 Å². The van der Waals surface area contributed by atoms with Crippen molar-refractivity contribution in [3.63, 3.8) is 0 Å². The topological polar surface area (TPSA) is 52.6 Å². The molecule has 0 bridgehead atoms. The van der Waals surface area contributed by atoms with Crippen molar-refractivity contribution >= 4 is 10.4 Å². The van der Waals surface area contributed by atoms with Gasteiger partial charge in [0.1, 0.15) is 0 Å². The van der Waals surface area contributed by atoms with Crippen LogP contribution < -0.4 is 0 Å². The Labute approximate surface area is 72.2 Å². The second kappa shape index (κ2) is 2.43. The van der Waals surface area contributed by atoms with Crippen LogP contribution in [0.1, 0.15) is 32.6 Å². The molecule has 1 saturated carbocycles. The lowest BCUT2D eigenvalue weighted by molar-refractivity contribution is 0.155. The zero-order valence-corrected chi connectivity index (χ0v) is 7.76. The van der Waals surface area contributed by atoms with Gasteiger partial charge in [-0.15, -0.1) is 0 Å². The Morgan fingerprint density at radius 3 is 2.58 bits per heavy atom. The zero-order valence-electron chi connectivity index (χ0n) is 6.95. The molecule has 1 atom stereocenters. The Morgan fingerprint density at radius 1 is 1.33 bits per heavy atom. The molecule has 0 aromatic rings. The summed E-state index contributed by atoms with van der Waals surface area (Å²) in [5.41, 5.74) is -0.385. The van der Waals surface area contributed by atoms with Gasteiger partial charge in [-0.05, 0) is 32.6 Å². The van der Waals surface area contributed by atoms with Crippen molar-refractivity contribution in [1.82, 2.24) is 0 Å². The van der Waals surface area contributed by atoms with Gasteiger partial charge in [0.2, 0.25) is 0 Å². The zero-order chi connectivity index (χ0) is 8.82. The molecule has 4 nitrogen and oxygen atoms in total. The first-order chi connectivity index (χ1) is 5.52. The van der Waals surface area contributed by atoms with E-state index >= 15 is 0 Å². The second-order valence-corrected chi connectivity index (χ2v) is 4.80. The predicted octanol–water partition coefficient (Wildman–Crippen LogP) is 0.979. The lowest BCUT2D eigenvalue weighted by atomic mass is 10.1. The summed E-state index contributed by atoms with van der Waals surface area (Å²) in [6.07, 6.45) is 3.02. The summed E-state index contributed by atoms with van der Waals surface area (Å²) in [4.78, 5) is 0. The molecule has 1 spiro atoms. The monoisotopic (exact) mass is 192 g/mol. The van der Waals surface area contributed by atoms with Crippen LogP contribution in [0.5, 0.6) is 0 Å². The number of rotatable bonds is 0. The molecule has 2 rings (SSSR count). The van der Waals surface area contributed by atoms with Crippen LogP contribution in [-0.2, 0) is 18.8 Å². The van der Waals surface area contributed by atoms with Gasteiger partial charge in [0.05, 0.1) is 11.7 Å². The fourth-order valence-corrected chi connectivity index (χ4v) is 2.69. The Bertz CT molecular complexity index is 278. The minimum absolute atomic E-state index is 0.241. The fraction of sp³-hybridized carbons (Fsp3) is 1.00. The van der Waals surface area contributed by atoms with E-state index in [-0.39, 0.29) is 11.7 Å². The average Bonchev–Trinajstić information content (AvgIpc) is 2.63. The van der Waals surface area contributed by atoms with Crippen molar-refractivity contribution in [2.45, 2.75) is 44.3 Å². The highest BCUT2D eigenvalue weighted by molar-refractivity contribution is 7.81. The lowest BCUT2D eigenvalue weighted by Gasteiger charge is -2.08. The summed E-state index contributed by atoms with van der Waals surface area (Å²) in [7, 11) is -3.71. The standard InChI is InChI=1S/C7H12O4S/c1-6-2-3-7(4-5-7)11-12(8,9)10-6/h6H,2-5H2,1H3. The molecule has 2 fully saturated rings. The van der Waals surface area contributed by atoms with Crippen molar-refractivity contribution in [3.05, 3.63) is 0 Å². The Balaban J connectivity index is 2.19. The highest BCUT2D eigenvalue weighted by atomic mass is 32.3. The molecule has 0 N–H and O–H groups in total. The van der Waals surface area contributed by atoms with E-state index in [0.29, 0.717) is 0 Å². The molecule has 0 aromatic carbocycles. The lowest BCUT2D eigenvalue weighted by Crippen LogP contribution is -2.18. The summed E-state index contributed by atoms with van der Waals surface area (Å²) >= 11 is 0. The molecule has 5 heteroatoms. The molecule has 12 heavy (non-hydrogen) atoms. The van der Waals surface area contributed by atoms with Crippen molar-refractivity contribution in [2.24, 2.45) is 0 Å². The van der Waals surface area contributed by atoms with E-state index in [1.54, 1.807) is 6.92 Å². The molecular weight excluding hydrogens is 180 g/mol. The van der Waals surface area contributed by atoms with Crippen molar-refractivity contribution < 1.29 is 16.8 Å². The van der Waals surface area contributed by atoms with Gasteiger partial charge in [-0.3, -0.25) is 0 Å². The van der Waals surface area contributed by atoms with Gasteiger partial charge < -0.3 is 0 Å². The van der Waals surface area contributed by atoms with Gasteiger partial charge in [-0.25, -0.2) is 8.37 Å². The molecule has 1 aliphatic heterocycles. The summed E-state index contributed by atoms with van der Waals surface area (Å²) in [5, 5.41) is 0. The Kier molecular flexibility index (Phi) is 1.72. The molecule has 1 heterocycles. The van der Waals surface area contributed by atoms with Crippen LogP contribution in [0.3, 0.4) is 0 Å². The normalized spacial score (nSPS) is 37.6. The third-order valence-electron chi connectivity index (χ3n) is 2.38. The van der Waals surface area contributed by atoms with Gasteiger partial charge in [0.15, 0.2) is 0 Å². The highest BCUT2D eigenvalue weighted by Gasteiger charge is 2.50. The molecule has 1 unspecified atom stereocenters. The molecular formula is C7H12O4S. The van der Waals surface area contributed by atoms with E-state index in [2.05, 4.69) is 0 Å². The van der Waals surface area contributed by atoms with Crippen molar-refractivity contribution in [2.75, 3.05) is 0 Å². The molecule has 1 saturated heterocycles. The van der Waals surface area contributed by atoms with Crippen LogP contribution in [0.2, 0.25) is 0 Å². The Hall–Kier alpha value is -0.130. The maximum absolute atomic E-state index is 11.1. The molecule has 70 valence electrons. The molecule has 0 amide bonds. The van der Waals surface area contributed by atoms with E-state index in [0.717, 1.165) is 25.7 Å². The molecule has 0 radical (unpaired) electrons. The predicted molar refractivity (Wildman–Crippen MR) is 41.8 cm³/mol. The minimum Gasteiger partial charge on any atom is -0.245 e. The van der Waals surface area contributed by atoms with Gasteiger partial charge in [0.25, 0.3) is 0 Å². The van der Waals surface area contributed by atoms with Crippen LogP contribution in [-0.4, -0.2) is 20.1 Å². The van der Waals surface area contributed by atoms with Crippen LogP contribution in [0.15, 0.2) is 0 Å². The third-order valence-corrected chi connectivity index (χ3v) is 3.50. The first-order valence-corrected chi connectivity index (χ1v) is 5.49. The maximum atomic E-state index is 11.1. The van der Waals surface area contributed by atoms with Crippen LogP contribution in [0.25, 0.3) is 0 Å². The van der Waals surface area contributed by atoms with E-state index in [1.807, 2.05) is 0 Å². The number of hydrogen-bond acceptors (Lipinski definition) is 4. The third kappa shape index (κ3) is 1.62. The fourth-order valence-electron chi connectivity index (χ4n) is 1.47. The van der Waals surface area contributed by atoms with Crippen LogP contribution in [0, 0.1) is 0 Å². The minimum atomic E-state index is -3.71. The smallest absolute Gasteiger partial charge is 0.245 e. The quantitative estimate of drug-likeness (QED) is 0.574. The first-order valence-electron chi connectivity index (χ1n) is 4.15.